The predicted molar refractivity (Wildman–Crippen MR) is 163 cm³/mol. The Morgan fingerprint density at radius 2 is 1.29 bits per heavy atom. The number of carbonyl (C=O) groups excluding carboxylic acids is 2. The molecular weight excluding hydrogens is 608 g/mol. The standard InChI is InChI=1S/C32H39ClN2O10/c1-17(31(38)39)9-26(36)34-13-20-11-24(42-4)25(12-21(20)14-34)44-7-6-8-45-29-19(3)22-15-35(27(37)10-18(2)32(40)41)16-23(22)28(33)30(29)43-5/h11-12,17-18H,6-10,13-16H2,1-5H3,(H,38,39)(H,40,41). The van der Waals surface area contributed by atoms with Gasteiger partial charge < -0.3 is 39.0 Å². The number of rotatable bonds is 14. The SMILES string of the molecule is COc1cc2c(cc1OCCCOc1c(C)c3c(c(Cl)c1OC)CN(C(=O)CC(C)C(=O)O)C3)CN(C(=O)CC(C)C(=O)O)C2. The molecule has 2 amide bonds. The number of halogens is 1. The minimum atomic E-state index is -1.02. The van der Waals surface area contributed by atoms with Crippen LogP contribution >= 0.6 is 11.6 Å². The van der Waals surface area contributed by atoms with Crippen molar-refractivity contribution in [2.24, 2.45) is 11.8 Å². The van der Waals surface area contributed by atoms with Crippen molar-refractivity contribution in [3.8, 4) is 23.0 Å². The highest BCUT2D eigenvalue weighted by molar-refractivity contribution is 6.33. The molecule has 2 heterocycles. The number of carboxylic acids is 2. The lowest BCUT2D eigenvalue weighted by atomic mass is 10.0. The average molecular weight is 647 g/mol. The number of aliphatic carboxylic acids is 2. The first-order valence-electron chi connectivity index (χ1n) is 14.7. The van der Waals surface area contributed by atoms with E-state index in [-0.39, 0.29) is 37.8 Å². The number of nitrogens with zero attached hydrogens (tertiary/aromatic N) is 2. The van der Waals surface area contributed by atoms with Crippen LogP contribution in [0.25, 0.3) is 0 Å². The van der Waals surface area contributed by atoms with E-state index in [2.05, 4.69) is 0 Å². The molecule has 0 bridgehead atoms. The maximum atomic E-state index is 12.8. The number of hydrogen-bond acceptors (Lipinski definition) is 8. The summed E-state index contributed by atoms with van der Waals surface area (Å²) in [4.78, 5) is 51.0. The summed E-state index contributed by atoms with van der Waals surface area (Å²) in [5.41, 5.74) is 4.25. The minimum Gasteiger partial charge on any atom is -0.493 e. The Labute approximate surface area is 266 Å². The van der Waals surface area contributed by atoms with E-state index in [1.165, 1.54) is 28.1 Å². The molecule has 244 valence electrons. The number of fused-ring (bicyclic) bond motifs is 2. The molecule has 0 spiro atoms. The largest absolute Gasteiger partial charge is 0.493 e. The first kappa shape index (κ1) is 33.7. The minimum absolute atomic E-state index is 0.0635. The van der Waals surface area contributed by atoms with Gasteiger partial charge in [-0.1, -0.05) is 25.4 Å². The first-order chi connectivity index (χ1) is 21.4. The lowest BCUT2D eigenvalue weighted by molar-refractivity contribution is -0.145. The van der Waals surface area contributed by atoms with E-state index < -0.39 is 23.8 Å². The van der Waals surface area contributed by atoms with Crippen LogP contribution in [0.4, 0.5) is 0 Å². The van der Waals surface area contributed by atoms with Crippen molar-refractivity contribution in [2.45, 2.75) is 66.2 Å². The molecule has 2 unspecified atom stereocenters. The molecule has 2 N–H and O–H groups in total. The molecule has 13 heteroatoms. The first-order valence-corrected chi connectivity index (χ1v) is 15.1. The van der Waals surface area contributed by atoms with Gasteiger partial charge in [-0.3, -0.25) is 19.2 Å². The van der Waals surface area contributed by atoms with Crippen molar-refractivity contribution >= 4 is 35.4 Å². The van der Waals surface area contributed by atoms with E-state index in [0.717, 1.165) is 27.8 Å². The second-order valence-electron chi connectivity index (χ2n) is 11.5. The molecule has 2 aromatic rings. The van der Waals surface area contributed by atoms with Crippen LogP contribution in [0.15, 0.2) is 12.1 Å². The number of benzene rings is 2. The predicted octanol–water partition coefficient (Wildman–Crippen LogP) is 4.42. The summed E-state index contributed by atoms with van der Waals surface area (Å²) in [6.45, 7) is 6.79. The van der Waals surface area contributed by atoms with Gasteiger partial charge in [-0.05, 0) is 41.3 Å². The lowest BCUT2D eigenvalue weighted by Crippen LogP contribution is -2.28. The van der Waals surface area contributed by atoms with Gasteiger partial charge in [-0.25, -0.2) is 0 Å². The van der Waals surface area contributed by atoms with Gasteiger partial charge in [0.15, 0.2) is 23.0 Å². The lowest BCUT2D eigenvalue weighted by Gasteiger charge is -2.18. The Morgan fingerprint density at radius 3 is 1.82 bits per heavy atom. The van der Waals surface area contributed by atoms with Crippen LogP contribution in [0.2, 0.25) is 5.02 Å². The van der Waals surface area contributed by atoms with Crippen LogP contribution in [-0.2, 0) is 45.4 Å². The van der Waals surface area contributed by atoms with E-state index in [9.17, 15) is 24.3 Å². The van der Waals surface area contributed by atoms with E-state index >= 15 is 0 Å². The third kappa shape index (κ3) is 7.38. The maximum Gasteiger partial charge on any atom is 0.306 e. The van der Waals surface area contributed by atoms with Crippen LogP contribution in [0.1, 0.15) is 60.9 Å². The van der Waals surface area contributed by atoms with Gasteiger partial charge in [0.2, 0.25) is 11.8 Å². The van der Waals surface area contributed by atoms with Gasteiger partial charge in [0.1, 0.15) is 0 Å². The molecule has 4 rings (SSSR count). The molecule has 2 aliphatic heterocycles. The molecule has 2 aliphatic rings. The highest BCUT2D eigenvalue weighted by Crippen LogP contribution is 2.46. The summed E-state index contributed by atoms with van der Waals surface area (Å²) < 4.78 is 23.3. The number of methoxy groups -OCH3 is 2. The molecule has 0 saturated heterocycles. The zero-order chi connectivity index (χ0) is 33.0. The van der Waals surface area contributed by atoms with Gasteiger partial charge in [0.05, 0.1) is 44.3 Å². The van der Waals surface area contributed by atoms with E-state index in [1.807, 2.05) is 19.1 Å². The molecule has 0 fully saturated rings. The van der Waals surface area contributed by atoms with Crippen molar-refractivity contribution in [2.75, 3.05) is 27.4 Å². The Bertz CT molecular complexity index is 1490. The fraction of sp³-hybridized carbons (Fsp3) is 0.500. The maximum absolute atomic E-state index is 12.8. The van der Waals surface area contributed by atoms with Crippen LogP contribution < -0.4 is 18.9 Å². The molecule has 0 saturated carbocycles. The van der Waals surface area contributed by atoms with Gasteiger partial charge in [0.25, 0.3) is 0 Å². The molecule has 12 nitrogen and oxygen atoms in total. The molecule has 45 heavy (non-hydrogen) atoms. The van der Waals surface area contributed by atoms with E-state index in [4.69, 9.17) is 35.7 Å². The summed E-state index contributed by atoms with van der Waals surface area (Å²) in [5.74, 6) is -2.14. The van der Waals surface area contributed by atoms with Crippen molar-refractivity contribution in [3.63, 3.8) is 0 Å². The number of hydrogen-bond donors (Lipinski definition) is 2. The van der Waals surface area contributed by atoms with Crippen LogP contribution in [-0.4, -0.2) is 71.2 Å². The molecule has 0 aromatic heterocycles. The zero-order valence-electron chi connectivity index (χ0n) is 26.1. The van der Waals surface area contributed by atoms with Gasteiger partial charge >= 0.3 is 11.9 Å². The molecule has 0 radical (unpaired) electrons. The Kier molecular flexibility index (Phi) is 10.7. The number of carboxylic acid groups (broad SMARTS) is 2. The van der Waals surface area contributed by atoms with E-state index in [0.29, 0.717) is 60.7 Å². The van der Waals surface area contributed by atoms with Crippen LogP contribution in [0.5, 0.6) is 23.0 Å². The Morgan fingerprint density at radius 1 is 0.778 bits per heavy atom. The third-order valence-corrected chi connectivity index (χ3v) is 8.64. The quantitative estimate of drug-likeness (QED) is 0.282. The van der Waals surface area contributed by atoms with Gasteiger partial charge in [-0.2, -0.15) is 0 Å². The number of carbonyl (C=O) groups is 4. The van der Waals surface area contributed by atoms with Crippen LogP contribution in [0, 0.1) is 18.8 Å². The Balaban J connectivity index is 1.36. The van der Waals surface area contributed by atoms with Gasteiger partial charge in [0, 0.05) is 51.0 Å². The number of amides is 2. The van der Waals surface area contributed by atoms with E-state index in [1.54, 1.807) is 9.80 Å². The summed E-state index contributed by atoms with van der Waals surface area (Å²) in [7, 11) is 3.04. The molecule has 0 aliphatic carbocycles. The second-order valence-corrected chi connectivity index (χ2v) is 11.8. The fourth-order valence-corrected chi connectivity index (χ4v) is 5.81. The number of ether oxygens (including phenoxy) is 4. The summed E-state index contributed by atoms with van der Waals surface area (Å²) in [6, 6.07) is 3.69. The summed E-state index contributed by atoms with van der Waals surface area (Å²) in [6.07, 6.45) is 0.344. The fourth-order valence-electron chi connectivity index (χ4n) is 5.48. The highest BCUT2D eigenvalue weighted by atomic mass is 35.5. The van der Waals surface area contributed by atoms with Crippen molar-refractivity contribution in [3.05, 3.63) is 45.0 Å². The summed E-state index contributed by atoms with van der Waals surface area (Å²) in [5, 5.41) is 18.7. The smallest absolute Gasteiger partial charge is 0.306 e. The summed E-state index contributed by atoms with van der Waals surface area (Å²) >= 11 is 6.70. The van der Waals surface area contributed by atoms with Gasteiger partial charge in [-0.15, -0.1) is 0 Å². The molecule has 2 atom stereocenters. The van der Waals surface area contributed by atoms with Crippen molar-refractivity contribution in [1.29, 1.82) is 0 Å². The third-order valence-electron chi connectivity index (χ3n) is 8.24. The topological polar surface area (TPSA) is 152 Å². The highest BCUT2D eigenvalue weighted by Gasteiger charge is 2.33. The zero-order valence-corrected chi connectivity index (χ0v) is 26.9. The normalized spacial score (nSPS) is 14.8. The average Bonchev–Trinajstić information content (AvgIpc) is 3.64. The van der Waals surface area contributed by atoms with Crippen LogP contribution in [0.3, 0.4) is 0 Å². The van der Waals surface area contributed by atoms with Crippen molar-refractivity contribution < 1.29 is 48.3 Å². The molecule has 2 aromatic carbocycles. The Hall–Kier alpha value is -4.19. The molecular formula is C32H39ClN2O10. The monoisotopic (exact) mass is 646 g/mol. The van der Waals surface area contributed by atoms with Crippen molar-refractivity contribution in [1.82, 2.24) is 9.80 Å². The second kappa shape index (κ2) is 14.3.